The molecule has 1 rings (SSSR count). The highest BCUT2D eigenvalue weighted by atomic mass is 16.4. The number of hydrogen-bond acceptors (Lipinski definition) is 2. The summed E-state index contributed by atoms with van der Waals surface area (Å²) in [6.45, 7) is 11.2. The van der Waals surface area contributed by atoms with E-state index in [-0.39, 0.29) is 29.3 Å². The molecule has 0 saturated heterocycles. The van der Waals surface area contributed by atoms with Crippen molar-refractivity contribution in [2.45, 2.75) is 66.3 Å². The van der Waals surface area contributed by atoms with Gasteiger partial charge in [0.25, 0.3) is 0 Å². The minimum absolute atomic E-state index is 0.0248. The lowest BCUT2D eigenvalue weighted by atomic mass is 9.87. The molecule has 1 aliphatic rings. The smallest absolute Gasteiger partial charge is 0.315 e. The Labute approximate surface area is 127 Å². The van der Waals surface area contributed by atoms with Gasteiger partial charge < -0.3 is 15.7 Å². The second kappa shape index (κ2) is 6.67. The highest BCUT2D eigenvalue weighted by Crippen LogP contribution is 2.51. The van der Waals surface area contributed by atoms with Crippen LogP contribution in [-0.2, 0) is 4.79 Å². The molecule has 0 aliphatic heterocycles. The molecule has 3 N–H and O–H groups in total. The Balaban J connectivity index is 2.46. The van der Waals surface area contributed by atoms with Crippen LogP contribution in [0.5, 0.6) is 0 Å². The summed E-state index contributed by atoms with van der Waals surface area (Å²) in [7, 11) is 0. The maximum atomic E-state index is 12.0. The van der Waals surface area contributed by atoms with Crippen LogP contribution in [0.4, 0.5) is 4.79 Å². The summed E-state index contributed by atoms with van der Waals surface area (Å²) in [5, 5.41) is 14.7. The zero-order chi connectivity index (χ0) is 16.3. The number of hydrogen-bond donors (Lipinski definition) is 3. The lowest BCUT2D eigenvalue weighted by Crippen LogP contribution is -2.46. The van der Waals surface area contributed by atoms with Crippen molar-refractivity contribution < 1.29 is 14.7 Å². The molecule has 5 nitrogen and oxygen atoms in total. The Morgan fingerprint density at radius 3 is 2.19 bits per heavy atom. The lowest BCUT2D eigenvalue weighted by Gasteiger charge is -2.26. The molecule has 0 aromatic carbocycles. The van der Waals surface area contributed by atoms with E-state index >= 15 is 0 Å². The average molecular weight is 298 g/mol. The summed E-state index contributed by atoms with van der Waals surface area (Å²) >= 11 is 0. The zero-order valence-corrected chi connectivity index (χ0v) is 14.0. The van der Waals surface area contributed by atoms with Crippen LogP contribution in [-0.4, -0.2) is 29.7 Å². The van der Waals surface area contributed by atoms with Gasteiger partial charge >= 0.3 is 12.0 Å². The highest BCUT2D eigenvalue weighted by Gasteiger charge is 2.45. The van der Waals surface area contributed by atoms with Gasteiger partial charge in [0.1, 0.15) is 0 Å². The minimum atomic E-state index is -0.884. The van der Waals surface area contributed by atoms with E-state index in [0.29, 0.717) is 18.9 Å². The van der Waals surface area contributed by atoms with E-state index in [1.807, 2.05) is 20.8 Å². The van der Waals surface area contributed by atoms with Crippen molar-refractivity contribution in [3.05, 3.63) is 0 Å². The molecule has 0 heterocycles. The minimum Gasteiger partial charge on any atom is -0.481 e. The number of carboxylic acids is 1. The standard InChI is InChI=1S/C16H30N2O3/c1-11(2)16(6-7-16)10-17-14(21)18-12(8-13(19)20)9-15(3,4)5/h11-12H,6-10H2,1-5H3,(H,19,20)(H2,17,18,21). The highest BCUT2D eigenvalue weighted by molar-refractivity contribution is 5.75. The summed E-state index contributed by atoms with van der Waals surface area (Å²) in [5.74, 6) is -0.326. The monoisotopic (exact) mass is 298 g/mol. The molecule has 1 atom stereocenters. The van der Waals surface area contributed by atoms with Gasteiger partial charge in [-0.25, -0.2) is 4.79 Å². The zero-order valence-electron chi connectivity index (χ0n) is 14.0. The van der Waals surface area contributed by atoms with Crippen LogP contribution in [0.1, 0.15) is 60.3 Å². The van der Waals surface area contributed by atoms with Gasteiger partial charge in [0.15, 0.2) is 0 Å². The Bertz CT molecular complexity index is 381. The maximum absolute atomic E-state index is 12.0. The van der Waals surface area contributed by atoms with Crippen LogP contribution >= 0.6 is 0 Å². The quantitative estimate of drug-likeness (QED) is 0.676. The number of rotatable bonds is 7. The molecule has 1 unspecified atom stereocenters. The van der Waals surface area contributed by atoms with Crippen LogP contribution in [0.3, 0.4) is 0 Å². The fraction of sp³-hybridized carbons (Fsp3) is 0.875. The number of carbonyl (C=O) groups is 2. The van der Waals surface area contributed by atoms with Crippen molar-refractivity contribution >= 4 is 12.0 Å². The Hall–Kier alpha value is -1.26. The number of aliphatic carboxylic acids is 1. The van der Waals surface area contributed by atoms with Crippen molar-refractivity contribution in [2.24, 2.45) is 16.7 Å². The van der Waals surface area contributed by atoms with Crippen LogP contribution in [0.25, 0.3) is 0 Å². The van der Waals surface area contributed by atoms with E-state index in [1.165, 1.54) is 0 Å². The van der Waals surface area contributed by atoms with Gasteiger partial charge in [0, 0.05) is 12.6 Å². The molecule has 0 aromatic heterocycles. The van der Waals surface area contributed by atoms with E-state index < -0.39 is 5.97 Å². The molecule has 1 saturated carbocycles. The molecular formula is C16H30N2O3. The molecule has 0 aromatic rings. The summed E-state index contributed by atoms with van der Waals surface area (Å²) < 4.78 is 0. The molecule has 0 radical (unpaired) electrons. The van der Waals surface area contributed by atoms with E-state index in [9.17, 15) is 9.59 Å². The van der Waals surface area contributed by atoms with Crippen molar-refractivity contribution in [3.63, 3.8) is 0 Å². The second-order valence-electron chi connectivity index (χ2n) is 7.90. The molecule has 5 heteroatoms. The Kier molecular flexibility index (Phi) is 5.65. The average Bonchev–Trinajstić information content (AvgIpc) is 3.03. The first-order valence-corrected chi connectivity index (χ1v) is 7.80. The predicted octanol–water partition coefficient (Wildman–Crippen LogP) is 3.00. The molecule has 1 aliphatic carbocycles. The normalized spacial score (nSPS) is 18.2. The van der Waals surface area contributed by atoms with Crippen LogP contribution in [0.15, 0.2) is 0 Å². The van der Waals surface area contributed by atoms with Crippen LogP contribution < -0.4 is 10.6 Å². The van der Waals surface area contributed by atoms with Gasteiger partial charge in [0.05, 0.1) is 6.42 Å². The molecule has 21 heavy (non-hydrogen) atoms. The summed E-state index contributed by atoms with van der Waals surface area (Å²) in [6.07, 6.45) is 2.92. The molecule has 2 amide bonds. The first kappa shape index (κ1) is 17.8. The predicted molar refractivity (Wildman–Crippen MR) is 83.2 cm³/mol. The number of nitrogens with one attached hydrogen (secondary N) is 2. The van der Waals surface area contributed by atoms with Crippen molar-refractivity contribution in [2.75, 3.05) is 6.54 Å². The van der Waals surface area contributed by atoms with Gasteiger partial charge in [-0.1, -0.05) is 34.6 Å². The molecule has 0 spiro atoms. The van der Waals surface area contributed by atoms with Gasteiger partial charge in [-0.15, -0.1) is 0 Å². The van der Waals surface area contributed by atoms with Gasteiger partial charge in [-0.3, -0.25) is 4.79 Å². The first-order valence-electron chi connectivity index (χ1n) is 7.80. The van der Waals surface area contributed by atoms with Crippen LogP contribution in [0, 0.1) is 16.7 Å². The van der Waals surface area contributed by atoms with Crippen molar-refractivity contribution in [1.29, 1.82) is 0 Å². The van der Waals surface area contributed by atoms with E-state index in [1.54, 1.807) is 0 Å². The van der Waals surface area contributed by atoms with Crippen molar-refractivity contribution in [1.82, 2.24) is 10.6 Å². The molecule has 0 bridgehead atoms. The molecular weight excluding hydrogens is 268 g/mol. The summed E-state index contributed by atoms with van der Waals surface area (Å²) in [6, 6.07) is -0.589. The second-order valence-corrected chi connectivity index (χ2v) is 7.90. The summed E-state index contributed by atoms with van der Waals surface area (Å²) in [5.41, 5.74) is 0.229. The van der Waals surface area contributed by atoms with Crippen molar-refractivity contribution in [3.8, 4) is 0 Å². The maximum Gasteiger partial charge on any atom is 0.315 e. The molecule has 1 fully saturated rings. The molecule has 122 valence electrons. The summed E-state index contributed by atoms with van der Waals surface area (Å²) in [4.78, 5) is 22.9. The Morgan fingerprint density at radius 2 is 1.81 bits per heavy atom. The number of carboxylic acid groups (broad SMARTS) is 1. The van der Waals surface area contributed by atoms with E-state index in [2.05, 4.69) is 24.5 Å². The van der Waals surface area contributed by atoms with E-state index in [0.717, 1.165) is 12.8 Å². The number of carbonyl (C=O) groups excluding carboxylic acids is 1. The van der Waals surface area contributed by atoms with E-state index in [4.69, 9.17) is 5.11 Å². The van der Waals surface area contributed by atoms with Gasteiger partial charge in [-0.2, -0.15) is 0 Å². The topological polar surface area (TPSA) is 78.4 Å². The third-order valence-electron chi connectivity index (χ3n) is 4.33. The Morgan fingerprint density at radius 1 is 1.24 bits per heavy atom. The largest absolute Gasteiger partial charge is 0.481 e. The number of urea groups is 1. The van der Waals surface area contributed by atoms with Gasteiger partial charge in [-0.05, 0) is 36.0 Å². The fourth-order valence-corrected chi connectivity index (χ4v) is 2.74. The fourth-order valence-electron chi connectivity index (χ4n) is 2.74. The van der Waals surface area contributed by atoms with Gasteiger partial charge in [0.2, 0.25) is 0 Å². The first-order chi connectivity index (χ1) is 9.54. The lowest BCUT2D eigenvalue weighted by molar-refractivity contribution is -0.137. The van der Waals surface area contributed by atoms with Crippen LogP contribution in [0.2, 0.25) is 0 Å². The third-order valence-corrected chi connectivity index (χ3v) is 4.33. The number of amides is 2. The third kappa shape index (κ3) is 6.36. The SMILES string of the molecule is CC(C)C1(CNC(=O)NC(CC(=O)O)CC(C)(C)C)CC1.